The number of ether oxygens (including phenoxy) is 1. The van der Waals surface area contributed by atoms with Crippen LogP contribution in [0.1, 0.15) is 15.9 Å². The summed E-state index contributed by atoms with van der Waals surface area (Å²) in [4.78, 5) is 24.3. The number of amides is 1. The Morgan fingerprint density at radius 3 is 2.64 bits per heavy atom. The fraction of sp³-hybridized carbons (Fsp3) is 0.158. The Morgan fingerprint density at radius 2 is 1.88 bits per heavy atom. The Kier molecular flexibility index (Phi) is 7.05. The van der Waals surface area contributed by atoms with Crippen molar-refractivity contribution in [2.45, 2.75) is 10.6 Å². The monoisotopic (exact) mass is 357 g/mol. The van der Waals surface area contributed by atoms with Gasteiger partial charge in [-0.15, -0.1) is 18.2 Å². The summed E-state index contributed by atoms with van der Waals surface area (Å²) in [6, 6.07) is 13.3. The van der Waals surface area contributed by atoms with Gasteiger partial charge in [0.15, 0.2) is 6.61 Å². The molecule has 4 nitrogen and oxygen atoms in total. The van der Waals surface area contributed by atoms with Gasteiger partial charge in [-0.05, 0) is 23.8 Å². The van der Waals surface area contributed by atoms with Crippen LogP contribution in [0.2, 0.25) is 0 Å². The Labute approximate surface area is 149 Å². The zero-order chi connectivity index (χ0) is 18.1. The normalized spacial score (nSPS) is 9.92. The molecule has 0 aliphatic carbocycles. The van der Waals surface area contributed by atoms with Gasteiger partial charge >= 0.3 is 5.97 Å². The van der Waals surface area contributed by atoms with E-state index in [0.717, 1.165) is 0 Å². The highest BCUT2D eigenvalue weighted by molar-refractivity contribution is 7.98. The predicted octanol–water partition coefficient (Wildman–Crippen LogP) is 3.02. The van der Waals surface area contributed by atoms with Gasteiger partial charge < -0.3 is 10.1 Å². The number of benzene rings is 2. The third-order valence-electron chi connectivity index (χ3n) is 3.17. The number of hydrogen-bond donors (Lipinski definition) is 1. The van der Waals surface area contributed by atoms with Gasteiger partial charge in [-0.25, -0.2) is 9.18 Å². The van der Waals surface area contributed by atoms with E-state index in [4.69, 9.17) is 11.2 Å². The minimum atomic E-state index is -0.618. The fourth-order valence-corrected chi connectivity index (χ4v) is 2.97. The SMILES string of the molecule is C#CCNC(=O)COC(=O)c1ccccc1SCc1ccccc1F. The second kappa shape index (κ2) is 9.50. The van der Waals surface area contributed by atoms with Crippen LogP contribution in [0.3, 0.4) is 0 Å². The standard InChI is InChI=1S/C19H16FNO3S/c1-2-11-21-18(22)12-24-19(23)15-8-4-6-10-17(15)25-13-14-7-3-5-9-16(14)20/h1,3-10H,11-13H2,(H,21,22). The highest BCUT2D eigenvalue weighted by Gasteiger charge is 2.15. The van der Waals surface area contributed by atoms with Crippen LogP contribution in [0, 0.1) is 18.2 Å². The molecule has 2 rings (SSSR count). The van der Waals surface area contributed by atoms with Crippen LogP contribution in [0.15, 0.2) is 53.4 Å². The topological polar surface area (TPSA) is 55.4 Å². The molecule has 0 saturated heterocycles. The van der Waals surface area contributed by atoms with Crippen molar-refractivity contribution >= 4 is 23.6 Å². The second-order valence-electron chi connectivity index (χ2n) is 4.93. The molecule has 0 aliphatic heterocycles. The Bertz CT molecular complexity index is 801. The third-order valence-corrected chi connectivity index (χ3v) is 4.29. The van der Waals surface area contributed by atoms with E-state index >= 15 is 0 Å². The maximum absolute atomic E-state index is 13.7. The molecule has 0 aromatic heterocycles. The molecule has 0 atom stereocenters. The van der Waals surface area contributed by atoms with Crippen molar-refractivity contribution < 1.29 is 18.7 Å². The summed E-state index contributed by atoms with van der Waals surface area (Å²) < 4.78 is 18.7. The van der Waals surface area contributed by atoms with Crippen molar-refractivity contribution in [2.75, 3.05) is 13.2 Å². The number of thioether (sulfide) groups is 1. The molecule has 0 heterocycles. The van der Waals surface area contributed by atoms with E-state index in [2.05, 4.69) is 11.2 Å². The lowest BCUT2D eigenvalue weighted by molar-refractivity contribution is -0.123. The largest absolute Gasteiger partial charge is 0.452 e. The van der Waals surface area contributed by atoms with Gasteiger partial charge in [-0.3, -0.25) is 4.79 Å². The molecule has 2 aromatic rings. The van der Waals surface area contributed by atoms with Crippen LogP contribution in [0.5, 0.6) is 0 Å². The molecule has 25 heavy (non-hydrogen) atoms. The van der Waals surface area contributed by atoms with Crippen molar-refractivity contribution in [1.29, 1.82) is 0 Å². The number of carbonyl (C=O) groups is 2. The molecule has 0 saturated carbocycles. The Balaban J connectivity index is 2.00. The van der Waals surface area contributed by atoms with Crippen LogP contribution in [0.25, 0.3) is 0 Å². The van der Waals surface area contributed by atoms with E-state index in [-0.39, 0.29) is 12.4 Å². The number of terminal acetylenes is 1. The van der Waals surface area contributed by atoms with Crippen LogP contribution < -0.4 is 5.32 Å². The number of esters is 1. The molecular formula is C19H16FNO3S. The van der Waals surface area contributed by atoms with Crippen LogP contribution >= 0.6 is 11.8 Å². The maximum atomic E-state index is 13.7. The first-order chi connectivity index (χ1) is 12.1. The van der Waals surface area contributed by atoms with E-state index in [1.807, 2.05) is 0 Å². The number of hydrogen-bond acceptors (Lipinski definition) is 4. The number of nitrogens with one attached hydrogen (secondary N) is 1. The van der Waals surface area contributed by atoms with Crippen LogP contribution in [0.4, 0.5) is 4.39 Å². The lowest BCUT2D eigenvalue weighted by atomic mass is 10.2. The summed E-state index contributed by atoms with van der Waals surface area (Å²) in [5.74, 6) is 1.25. The number of rotatable bonds is 7. The highest BCUT2D eigenvalue weighted by Crippen LogP contribution is 2.27. The van der Waals surface area contributed by atoms with E-state index in [1.165, 1.54) is 17.8 Å². The molecule has 6 heteroatoms. The van der Waals surface area contributed by atoms with Gasteiger partial charge in [0.1, 0.15) is 5.82 Å². The fourth-order valence-electron chi connectivity index (χ4n) is 1.94. The quantitative estimate of drug-likeness (QED) is 0.470. The smallest absolute Gasteiger partial charge is 0.339 e. The molecular weight excluding hydrogens is 341 g/mol. The molecule has 0 unspecified atom stereocenters. The summed E-state index contributed by atoms with van der Waals surface area (Å²) in [5.41, 5.74) is 0.873. The molecule has 0 spiro atoms. The molecule has 128 valence electrons. The molecule has 2 aromatic carbocycles. The number of carbonyl (C=O) groups excluding carboxylic acids is 2. The van der Waals surface area contributed by atoms with Crippen molar-refractivity contribution in [3.63, 3.8) is 0 Å². The predicted molar refractivity (Wildman–Crippen MR) is 94.5 cm³/mol. The minimum Gasteiger partial charge on any atom is -0.452 e. The van der Waals surface area contributed by atoms with Crippen molar-refractivity contribution in [1.82, 2.24) is 5.32 Å². The first-order valence-corrected chi connectivity index (χ1v) is 8.43. The van der Waals surface area contributed by atoms with Gasteiger partial charge in [-0.1, -0.05) is 36.3 Å². The molecule has 0 fully saturated rings. The van der Waals surface area contributed by atoms with Crippen LogP contribution in [-0.4, -0.2) is 25.0 Å². The maximum Gasteiger partial charge on any atom is 0.339 e. The summed E-state index contributed by atoms with van der Waals surface area (Å²) in [6.45, 7) is -0.335. The van der Waals surface area contributed by atoms with Crippen LogP contribution in [-0.2, 0) is 15.3 Å². The minimum absolute atomic E-state index is 0.0749. The van der Waals surface area contributed by atoms with E-state index in [9.17, 15) is 14.0 Å². The Morgan fingerprint density at radius 1 is 1.16 bits per heavy atom. The first kappa shape index (κ1) is 18.6. The first-order valence-electron chi connectivity index (χ1n) is 7.44. The van der Waals surface area contributed by atoms with Crippen molar-refractivity contribution in [2.24, 2.45) is 0 Å². The van der Waals surface area contributed by atoms with Crippen molar-refractivity contribution in [3.8, 4) is 12.3 Å². The zero-order valence-corrected chi connectivity index (χ0v) is 14.1. The number of halogens is 1. The average molecular weight is 357 g/mol. The lowest BCUT2D eigenvalue weighted by Crippen LogP contribution is -2.29. The van der Waals surface area contributed by atoms with Gasteiger partial charge in [0, 0.05) is 10.6 Å². The molecule has 0 aliphatic rings. The van der Waals surface area contributed by atoms with Gasteiger partial charge in [0.25, 0.3) is 5.91 Å². The summed E-state index contributed by atoms with van der Waals surface area (Å²) in [6.07, 6.45) is 5.03. The Hall–Kier alpha value is -2.78. The third kappa shape index (κ3) is 5.66. The molecule has 0 bridgehead atoms. The van der Waals surface area contributed by atoms with Gasteiger partial charge in [-0.2, -0.15) is 0 Å². The molecule has 0 radical (unpaired) electrons. The summed E-state index contributed by atoms with van der Waals surface area (Å²) in [7, 11) is 0. The lowest BCUT2D eigenvalue weighted by Gasteiger charge is -2.09. The average Bonchev–Trinajstić information content (AvgIpc) is 2.64. The second-order valence-corrected chi connectivity index (χ2v) is 5.95. The summed E-state index contributed by atoms with van der Waals surface area (Å²) in [5, 5.41) is 2.41. The van der Waals surface area contributed by atoms with Crippen molar-refractivity contribution in [3.05, 3.63) is 65.5 Å². The van der Waals surface area contributed by atoms with Gasteiger partial charge in [0.2, 0.25) is 0 Å². The van der Waals surface area contributed by atoms with E-state index < -0.39 is 18.5 Å². The summed E-state index contributed by atoms with van der Waals surface area (Å²) >= 11 is 1.32. The van der Waals surface area contributed by atoms with E-state index in [1.54, 1.807) is 42.5 Å². The molecule has 1 N–H and O–H groups in total. The highest BCUT2D eigenvalue weighted by atomic mass is 32.2. The van der Waals surface area contributed by atoms with Gasteiger partial charge in [0.05, 0.1) is 12.1 Å². The van der Waals surface area contributed by atoms with E-state index in [0.29, 0.717) is 21.8 Å². The zero-order valence-electron chi connectivity index (χ0n) is 13.3. The molecule has 1 amide bonds.